The largest absolute Gasteiger partial charge is 0.485 e. The molecular weight excluding hydrogens is 499 g/mol. The Morgan fingerprint density at radius 1 is 1.11 bits per heavy atom. The zero-order valence-electron chi connectivity index (χ0n) is 20.6. The van der Waals surface area contributed by atoms with E-state index in [9.17, 15) is 9.67 Å². The van der Waals surface area contributed by atoms with Crippen molar-refractivity contribution < 1.29 is 38.2 Å². The van der Waals surface area contributed by atoms with Crippen molar-refractivity contribution in [3.05, 3.63) is 78.4 Å². The summed E-state index contributed by atoms with van der Waals surface area (Å²) in [6.45, 7) is 2.31. The molecule has 1 aliphatic heterocycles. The molecule has 1 aromatic heterocycles. The van der Waals surface area contributed by atoms with Crippen LogP contribution in [0.15, 0.2) is 67.0 Å². The number of rotatable bonds is 11. The maximum Gasteiger partial charge on any atom is 0.469 e. The summed E-state index contributed by atoms with van der Waals surface area (Å²) in [5.41, 5.74) is 2.94. The summed E-state index contributed by atoms with van der Waals surface area (Å²) in [6, 6.07) is 15.1. The number of phosphoric ester groups is 1. The lowest BCUT2D eigenvalue weighted by Gasteiger charge is -2.19. The van der Waals surface area contributed by atoms with Gasteiger partial charge in [-0.25, -0.2) is 9.55 Å². The number of aliphatic hydroxyl groups excluding tert-OH is 1. The Kier molecular flexibility index (Phi) is 8.94. The molecule has 198 valence electrons. The molecule has 0 aliphatic carbocycles. The fourth-order valence-corrected chi connectivity index (χ4v) is 4.43. The van der Waals surface area contributed by atoms with Crippen molar-refractivity contribution in [2.24, 2.45) is 0 Å². The first kappa shape index (κ1) is 27.2. The van der Waals surface area contributed by atoms with E-state index in [4.69, 9.17) is 28.5 Å². The van der Waals surface area contributed by atoms with Gasteiger partial charge in [-0.2, -0.15) is 0 Å². The van der Waals surface area contributed by atoms with Gasteiger partial charge < -0.3 is 33.7 Å². The van der Waals surface area contributed by atoms with Gasteiger partial charge in [0.15, 0.2) is 6.10 Å². The second kappa shape index (κ2) is 12.1. The molecule has 1 saturated heterocycles. The topological polar surface area (TPSA) is 132 Å². The minimum atomic E-state index is -4.67. The summed E-state index contributed by atoms with van der Waals surface area (Å²) >= 11 is 0. The van der Waals surface area contributed by atoms with Gasteiger partial charge >= 0.3 is 7.82 Å². The number of benzene rings is 2. The summed E-state index contributed by atoms with van der Waals surface area (Å²) in [5.74, 6) is 1.12. The van der Waals surface area contributed by atoms with E-state index in [1.54, 1.807) is 30.9 Å². The Hall–Kier alpha value is -2.82. The van der Waals surface area contributed by atoms with Gasteiger partial charge in [0.1, 0.15) is 23.8 Å². The third-order valence-electron chi connectivity index (χ3n) is 6.02. The van der Waals surface area contributed by atoms with Crippen molar-refractivity contribution in [3.63, 3.8) is 0 Å². The first-order valence-electron chi connectivity index (χ1n) is 11.8. The fraction of sp³-hybridized carbons (Fsp3) is 0.346. The minimum absolute atomic E-state index is 0.0735. The molecule has 4 rings (SSSR count). The third kappa shape index (κ3) is 7.37. The second-order valence-corrected chi connectivity index (χ2v) is 9.94. The predicted molar refractivity (Wildman–Crippen MR) is 137 cm³/mol. The number of methoxy groups -OCH3 is 1. The smallest absolute Gasteiger partial charge is 0.469 e. The summed E-state index contributed by atoms with van der Waals surface area (Å²) < 4.78 is 34.4. The minimum Gasteiger partial charge on any atom is -0.485 e. The van der Waals surface area contributed by atoms with Gasteiger partial charge in [-0.15, -0.1) is 0 Å². The van der Waals surface area contributed by atoms with Crippen molar-refractivity contribution in [1.82, 2.24) is 9.55 Å². The van der Waals surface area contributed by atoms with Crippen LogP contribution in [-0.4, -0.2) is 63.6 Å². The monoisotopic (exact) mass is 530 g/mol. The fourth-order valence-electron chi connectivity index (χ4n) is 4.08. The highest BCUT2D eigenvalue weighted by Gasteiger charge is 2.30. The van der Waals surface area contributed by atoms with Crippen LogP contribution in [0.2, 0.25) is 0 Å². The lowest BCUT2D eigenvalue weighted by molar-refractivity contribution is 0.0326. The molecule has 3 N–H and O–H groups in total. The lowest BCUT2D eigenvalue weighted by Crippen LogP contribution is -2.31. The maximum absolute atomic E-state index is 11.3. The number of hydrogen-bond donors (Lipinski definition) is 3. The molecule has 0 spiro atoms. The molecular formula is C26H31N2O8P. The Bertz CT molecular complexity index is 1220. The molecule has 3 aromatic rings. The van der Waals surface area contributed by atoms with Crippen molar-refractivity contribution in [3.8, 4) is 16.9 Å². The average molecular weight is 531 g/mol. The van der Waals surface area contributed by atoms with Gasteiger partial charge in [0.05, 0.1) is 25.9 Å². The summed E-state index contributed by atoms with van der Waals surface area (Å²) in [7, 11) is -3.01. The van der Waals surface area contributed by atoms with Crippen LogP contribution in [0.4, 0.5) is 0 Å². The number of aromatic nitrogens is 2. The van der Waals surface area contributed by atoms with Gasteiger partial charge in [0.2, 0.25) is 0 Å². The van der Waals surface area contributed by atoms with E-state index >= 15 is 0 Å². The molecule has 2 heterocycles. The molecule has 2 aromatic carbocycles. The highest BCUT2D eigenvalue weighted by atomic mass is 31.2. The van der Waals surface area contributed by atoms with Crippen molar-refractivity contribution >= 4 is 13.9 Å². The molecule has 0 saturated carbocycles. The summed E-state index contributed by atoms with van der Waals surface area (Å²) in [6.07, 6.45) is 5.67. The van der Waals surface area contributed by atoms with E-state index in [0.717, 1.165) is 22.4 Å². The standard InChI is InChI=1S/C26H31N2O8P/c1-18(29)26-27-13-14-28(26)22(15-35-37(30,31)32)10-5-19-3-6-20(7-4-19)21-8-11-23(12-9-21)36-25-17-34-16-24(25)33-2/h3-14,18,22,24-25,29H,15-17H2,1-2H3,(H2,30,31,32)/b10-5+/t18-,22-,24-,25-/m0/s1. The van der Waals surface area contributed by atoms with E-state index in [0.29, 0.717) is 19.0 Å². The Balaban J connectivity index is 1.44. The lowest BCUT2D eigenvalue weighted by atomic mass is 10.0. The van der Waals surface area contributed by atoms with Crippen molar-refractivity contribution in [2.45, 2.75) is 31.3 Å². The molecule has 1 aliphatic rings. The van der Waals surface area contributed by atoms with E-state index in [1.165, 1.54) is 6.20 Å². The van der Waals surface area contributed by atoms with Crippen LogP contribution < -0.4 is 4.74 Å². The molecule has 37 heavy (non-hydrogen) atoms. The van der Waals surface area contributed by atoms with Gasteiger partial charge in [-0.1, -0.05) is 48.6 Å². The molecule has 0 radical (unpaired) electrons. The zero-order valence-corrected chi connectivity index (χ0v) is 21.5. The van der Waals surface area contributed by atoms with E-state index < -0.39 is 20.0 Å². The number of aliphatic hydroxyl groups is 1. The first-order chi connectivity index (χ1) is 17.7. The van der Waals surface area contributed by atoms with Gasteiger partial charge in [0, 0.05) is 19.5 Å². The SMILES string of the molecule is CO[C@H]1COC[C@@H]1Oc1ccc(-c2ccc(/C=C/[C@@H](COP(=O)(O)O)n3ccnc3[C@H](C)O)cc2)cc1. The number of nitrogens with zero attached hydrogens (tertiary/aromatic N) is 2. The van der Waals surface area contributed by atoms with Crippen LogP contribution in [0.5, 0.6) is 5.75 Å². The Morgan fingerprint density at radius 2 is 1.76 bits per heavy atom. The van der Waals surface area contributed by atoms with Crippen LogP contribution >= 0.6 is 7.82 Å². The molecule has 11 heteroatoms. The second-order valence-electron chi connectivity index (χ2n) is 8.70. The molecule has 0 bridgehead atoms. The zero-order chi connectivity index (χ0) is 26.4. The van der Waals surface area contributed by atoms with Crippen LogP contribution in [0.3, 0.4) is 0 Å². The summed E-state index contributed by atoms with van der Waals surface area (Å²) in [5, 5.41) is 9.98. The van der Waals surface area contributed by atoms with Crippen molar-refractivity contribution in [2.75, 3.05) is 26.9 Å². The van der Waals surface area contributed by atoms with E-state index in [2.05, 4.69) is 4.98 Å². The molecule has 4 atom stereocenters. The van der Waals surface area contributed by atoms with Gasteiger partial charge in [0.25, 0.3) is 0 Å². The molecule has 0 unspecified atom stereocenters. The van der Waals surface area contributed by atoms with E-state index in [1.807, 2.05) is 54.6 Å². The average Bonchev–Trinajstić information content (AvgIpc) is 3.54. The highest BCUT2D eigenvalue weighted by Crippen LogP contribution is 2.37. The number of hydrogen-bond acceptors (Lipinski definition) is 7. The number of phosphoric acid groups is 1. The van der Waals surface area contributed by atoms with Gasteiger partial charge in [-0.05, 0) is 35.7 Å². The molecule has 0 amide bonds. The van der Waals surface area contributed by atoms with Crippen molar-refractivity contribution in [1.29, 1.82) is 0 Å². The molecule has 1 fully saturated rings. The Labute approximate surface area is 215 Å². The number of imidazole rings is 1. The number of ether oxygens (including phenoxy) is 3. The van der Waals surface area contributed by atoms with Crippen LogP contribution in [0, 0.1) is 0 Å². The van der Waals surface area contributed by atoms with Crippen LogP contribution in [-0.2, 0) is 18.6 Å². The van der Waals surface area contributed by atoms with E-state index in [-0.39, 0.29) is 18.8 Å². The Morgan fingerprint density at radius 3 is 2.38 bits per heavy atom. The quantitative estimate of drug-likeness (QED) is 0.317. The summed E-state index contributed by atoms with van der Waals surface area (Å²) in [4.78, 5) is 22.4. The maximum atomic E-state index is 11.3. The van der Waals surface area contributed by atoms with Gasteiger partial charge in [-0.3, -0.25) is 4.52 Å². The highest BCUT2D eigenvalue weighted by molar-refractivity contribution is 7.46. The van der Waals surface area contributed by atoms with Crippen LogP contribution in [0.25, 0.3) is 17.2 Å². The predicted octanol–water partition coefficient (Wildman–Crippen LogP) is 3.76. The molecule has 10 nitrogen and oxygen atoms in total. The third-order valence-corrected chi connectivity index (χ3v) is 6.51. The normalized spacial score (nSPS) is 19.8. The first-order valence-corrected chi connectivity index (χ1v) is 13.3. The van der Waals surface area contributed by atoms with Crippen LogP contribution in [0.1, 0.15) is 30.5 Å².